The number of benzene rings is 1. The van der Waals surface area contributed by atoms with Crippen molar-refractivity contribution in [1.29, 1.82) is 0 Å². The zero-order valence-corrected chi connectivity index (χ0v) is 9.81. The standard InChI is InChI=1S/C12H9ClN2O2/c1-17-12(16)9-4-2-8(3-5-9)10-6-7-11(13)15-14-10/h2-7H,1H3. The van der Waals surface area contributed by atoms with E-state index in [9.17, 15) is 4.79 Å². The van der Waals surface area contributed by atoms with Gasteiger partial charge in [-0.1, -0.05) is 23.7 Å². The maximum Gasteiger partial charge on any atom is 0.337 e. The third-order valence-electron chi connectivity index (χ3n) is 2.23. The fourth-order valence-corrected chi connectivity index (χ4v) is 1.47. The quantitative estimate of drug-likeness (QED) is 0.767. The van der Waals surface area contributed by atoms with Gasteiger partial charge in [0.15, 0.2) is 5.15 Å². The van der Waals surface area contributed by atoms with Crippen molar-refractivity contribution in [2.24, 2.45) is 0 Å². The van der Waals surface area contributed by atoms with Gasteiger partial charge < -0.3 is 4.74 Å². The summed E-state index contributed by atoms with van der Waals surface area (Å²) in [6.07, 6.45) is 0. The van der Waals surface area contributed by atoms with Crippen LogP contribution in [0.1, 0.15) is 10.4 Å². The van der Waals surface area contributed by atoms with Crippen LogP contribution in [0.15, 0.2) is 36.4 Å². The first kappa shape index (κ1) is 11.5. The second-order valence-electron chi connectivity index (χ2n) is 3.31. The minimum atomic E-state index is -0.362. The molecule has 1 heterocycles. The highest BCUT2D eigenvalue weighted by Gasteiger charge is 2.06. The van der Waals surface area contributed by atoms with E-state index in [4.69, 9.17) is 11.6 Å². The Hall–Kier alpha value is -1.94. The van der Waals surface area contributed by atoms with Gasteiger partial charge in [0, 0.05) is 5.56 Å². The van der Waals surface area contributed by atoms with E-state index < -0.39 is 0 Å². The number of esters is 1. The van der Waals surface area contributed by atoms with E-state index >= 15 is 0 Å². The predicted octanol–water partition coefficient (Wildman–Crippen LogP) is 2.58. The molecule has 0 aliphatic carbocycles. The van der Waals surface area contributed by atoms with Crippen LogP contribution < -0.4 is 0 Å². The molecule has 0 radical (unpaired) electrons. The van der Waals surface area contributed by atoms with E-state index in [1.165, 1.54) is 7.11 Å². The third-order valence-corrected chi connectivity index (χ3v) is 2.44. The molecule has 0 aliphatic heterocycles. The van der Waals surface area contributed by atoms with E-state index in [1.807, 2.05) is 0 Å². The summed E-state index contributed by atoms with van der Waals surface area (Å²) in [5, 5.41) is 8.05. The van der Waals surface area contributed by atoms with E-state index in [-0.39, 0.29) is 5.97 Å². The molecule has 0 amide bonds. The molecule has 0 N–H and O–H groups in total. The van der Waals surface area contributed by atoms with Crippen molar-refractivity contribution in [3.63, 3.8) is 0 Å². The van der Waals surface area contributed by atoms with Gasteiger partial charge in [-0.3, -0.25) is 0 Å². The number of carbonyl (C=O) groups excluding carboxylic acids is 1. The van der Waals surface area contributed by atoms with Crippen molar-refractivity contribution in [3.8, 4) is 11.3 Å². The summed E-state index contributed by atoms with van der Waals surface area (Å²) in [5.41, 5.74) is 2.06. The molecule has 1 aromatic heterocycles. The predicted molar refractivity (Wildman–Crippen MR) is 63.8 cm³/mol. The molecule has 2 rings (SSSR count). The molecule has 0 atom stereocenters. The summed E-state index contributed by atoms with van der Waals surface area (Å²) in [6, 6.07) is 10.4. The van der Waals surface area contributed by atoms with Crippen LogP contribution in [0.4, 0.5) is 0 Å². The maximum atomic E-state index is 11.2. The summed E-state index contributed by atoms with van der Waals surface area (Å²) in [7, 11) is 1.35. The lowest BCUT2D eigenvalue weighted by Gasteiger charge is -2.02. The molecular weight excluding hydrogens is 240 g/mol. The zero-order valence-electron chi connectivity index (χ0n) is 9.05. The van der Waals surface area contributed by atoms with Crippen molar-refractivity contribution >= 4 is 17.6 Å². The lowest BCUT2D eigenvalue weighted by Crippen LogP contribution is -2.00. The first-order chi connectivity index (χ1) is 8.20. The maximum absolute atomic E-state index is 11.2. The topological polar surface area (TPSA) is 52.1 Å². The van der Waals surface area contributed by atoms with Gasteiger partial charge >= 0.3 is 5.97 Å². The van der Waals surface area contributed by atoms with Crippen LogP contribution in [-0.4, -0.2) is 23.3 Å². The number of hydrogen-bond acceptors (Lipinski definition) is 4. The monoisotopic (exact) mass is 248 g/mol. The zero-order chi connectivity index (χ0) is 12.3. The number of methoxy groups -OCH3 is 1. The van der Waals surface area contributed by atoms with E-state index in [0.717, 1.165) is 5.56 Å². The second-order valence-corrected chi connectivity index (χ2v) is 3.70. The molecule has 0 spiro atoms. The van der Waals surface area contributed by atoms with Crippen molar-refractivity contribution in [2.45, 2.75) is 0 Å². The Labute approximate surface area is 103 Å². The fourth-order valence-electron chi connectivity index (χ4n) is 1.36. The van der Waals surface area contributed by atoms with Gasteiger partial charge in [0.2, 0.25) is 0 Å². The van der Waals surface area contributed by atoms with Gasteiger partial charge in [0.25, 0.3) is 0 Å². The second kappa shape index (κ2) is 4.93. The molecule has 0 unspecified atom stereocenters. The lowest BCUT2D eigenvalue weighted by molar-refractivity contribution is 0.0601. The minimum Gasteiger partial charge on any atom is -0.465 e. The van der Waals surface area contributed by atoms with Gasteiger partial charge in [-0.05, 0) is 24.3 Å². The molecule has 4 nitrogen and oxygen atoms in total. The molecular formula is C12H9ClN2O2. The molecule has 1 aromatic carbocycles. The number of hydrogen-bond donors (Lipinski definition) is 0. The van der Waals surface area contributed by atoms with Gasteiger partial charge in [0.1, 0.15) is 0 Å². The van der Waals surface area contributed by atoms with Crippen LogP contribution in [0, 0.1) is 0 Å². The Kier molecular flexibility index (Phi) is 3.35. The first-order valence-electron chi connectivity index (χ1n) is 4.88. The molecule has 0 bridgehead atoms. The SMILES string of the molecule is COC(=O)c1ccc(-c2ccc(Cl)nn2)cc1. The Balaban J connectivity index is 2.29. The van der Waals surface area contributed by atoms with Gasteiger partial charge in [-0.2, -0.15) is 0 Å². The molecule has 17 heavy (non-hydrogen) atoms. The molecule has 2 aromatic rings. The van der Waals surface area contributed by atoms with Crippen LogP contribution in [0.25, 0.3) is 11.3 Å². The summed E-state index contributed by atoms with van der Waals surface area (Å²) in [6.45, 7) is 0. The Morgan fingerprint density at radius 2 is 1.82 bits per heavy atom. The lowest BCUT2D eigenvalue weighted by atomic mass is 10.1. The highest BCUT2D eigenvalue weighted by Crippen LogP contribution is 2.18. The van der Waals surface area contributed by atoms with Gasteiger partial charge in [-0.25, -0.2) is 4.79 Å². The fraction of sp³-hybridized carbons (Fsp3) is 0.0833. The van der Waals surface area contributed by atoms with Crippen LogP contribution in [0.5, 0.6) is 0 Å². The summed E-state index contributed by atoms with van der Waals surface area (Å²) < 4.78 is 4.61. The molecule has 5 heteroatoms. The molecule has 0 fully saturated rings. The summed E-state index contributed by atoms with van der Waals surface area (Å²) in [5.74, 6) is -0.362. The molecule has 86 valence electrons. The van der Waals surface area contributed by atoms with Crippen LogP contribution in [-0.2, 0) is 4.74 Å². The number of aromatic nitrogens is 2. The Morgan fingerprint density at radius 3 is 2.35 bits per heavy atom. The van der Waals surface area contributed by atoms with Gasteiger partial charge in [-0.15, -0.1) is 10.2 Å². The Morgan fingerprint density at radius 1 is 1.12 bits per heavy atom. The molecule has 0 aliphatic rings. The van der Waals surface area contributed by atoms with Crippen LogP contribution in [0.3, 0.4) is 0 Å². The van der Waals surface area contributed by atoms with Gasteiger partial charge in [0.05, 0.1) is 18.4 Å². The summed E-state index contributed by atoms with van der Waals surface area (Å²) in [4.78, 5) is 11.2. The van der Waals surface area contributed by atoms with Crippen molar-refractivity contribution in [3.05, 3.63) is 47.1 Å². The average molecular weight is 249 g/mol. The number of halogens is 1. The van der Waals surface area contributed by atoms with E-state index in [2.05, 4.69) is 14.9 Å². The summed E-state index contributed by atoms with van der Waals surface area (Å²) >= 11 is 5.65. The normalized spacial score (nSPS) is 10.0. The number of nitrogens with zero attached hydrogens (tertiary/aromatic N) is 2. The van der Waals surface area contributed by atoms with E-state index in [1.54, 1.807) is 36.4 Å². The van der Waals surface area contributed by atoms with E-state index in [0.29, 0.717) is 16.4 Å². The molecule has 0 saturated heterocycles. The number of rotatable bonds is 2. The third kappa shape index (κ3) is 2.60. The molecule has 0 saturated carbocycles. The van der Waals surface area contributed by atoms with Crippen molar-refractivity contribution in [1.82, 2.24) is 10.2 Å². The highest BCUT2D eigenvalue weighted by atomic mass is 35.5. The first-order valence-corrected chi connectivity index (χ1v) is 5.26. The minimum absolute atomic E-state index is 0.347. The number of carbonyl (C=O) groups is 1. The smallest absolute Gasteiger partial charge is 0.337 e. The van der Waals surface area contributed by atoms with Crippen LogP contribution >= 0.6 is 11.6 Å². The largest absolute Gasteiger partial charge is 0.465 e. The highest BCUT2D eigenvalue weighted by molar-refractivity contribution is 6.29. The van der Waals surface area contributed by atoms with Crippen molar-refractivity contribution < 1.29 is 9.53 Å². The van der Waals surface area contributed by atoms with Crippen LogP contribution in [0.2, 0.25) is 5.15 Å². The number of ether oxygens (including phenoxy) is 1. The van der Waals surface area contributed by atoms with Crippen molar-refractivity contribution in [2.75, 3.05) is 7.11 Å². The Bertz CT molecular complexity index is 523. The average Bonchev–Trinajstić information content (AvgIpc) is 2.39.